The number of hydrogen-bond donors (Lipinski definition) is 0. The first kappa shape index (κ1) is 10.2. The molecular weight excluding hydrogens is 160 g/mol. The first-order chi connectivity index (χ1) is 4.83. The van der Waals surface area contributed by atoms with Gasteiger partial charge in [0.05, 0.1) is 10.2 Å². The molecule has 0 saturated heterocycles. The molecule has 0 aromatic carbocycles. The zero-order valence-corrected chi connectivity index (χ0v) is 7.72. The summed E-state index contributed by atoms with van der Waals surface area (Å²) in [6, 6.07) is 0. The lowest BCUT2D eigenvalue weighted by Gasteiger charge is -2.18. The van der Waals surface area contributed by atoms with Crippen LogP contribution in [0.4, 0.5) is 0 Å². The van der Waals surface area contributed by atoms with Crippen molar-refractivity contribution >= 4 is 27.6 Å². The third-order valence-corrected chi connectivity index (χ3v) is 2.64. The fraction of sp³-hybridized carbons (Fsp3) is 0.571. The van der Waals surface area contributed by atoms with E-state index in [4.69, 9.17) is 0 Å². The molecule has 0 fully saturated rings. The van der Waals surface area contributed by atoms with Crippen LogP contribution in [0.2, 0.25) is 5.04 Å². The largest absolute Gasteiger partial charge is 0.299 e. The molecule has 0 amide bonds. The maximum absolute atomic E-state index is 10.9. The summed E-state index contributed by atoms with van der Waals surface area (Å²) in [4.78, 5) is 32.6. The Balaban J connectivity index is 4.99. The molecule has 0 heterocycles. The summed E-state index contributed by atoms with van der Waals surface area (Å²) in [5.74, 6) is -1.43. The second kappa shape index (κ2) is 3.09. The van der Waals surface area contributed by atoms with Crippen LogP contribution in [0.15, 0.2) is 0 Å². The molecule has 3 nitrogen and oxygen atoms in total. The topological polar surface area (TPSA) is 51.2 Å². The summed E-state index contributed by atoms with van der Waals surface area (Å²) in [5, 5.41) is -1.61. The Morgan fingerprint density at radius 1 is 0.909 bits per heavy atom. The summed E-state index contributed by atoms with van der Waals surface area (Å²) in [5.41, 5.74) is 0. The molecule has 0 aliphatic heterocycles. The summed E-state index contributed by atoms with van der Waals surface area (Å²) in [6.45, 7) is 3.61. The predicted octanol–water partition coefficient (Wildman–Crippen LogP) is 0.0806. The van der Waals surface area contributed by atoms with Gasteiger partial charge in [0.15, 0.2) is 0 Å². The van der Waals surface area contributed by atoms with Crippen molar-refractivity contribution in [1.29, 1.82) is 0 Å². The van der Waals surface area contributed by atoms with Gasteiger partial charge in [0.1, 0.15) is 22.4 Å². The quantitative estimate of drug-likeness (QED) is 0.444. The Bertz CT molecular complexity index is 184. The molecule has 59 valence electrons. The SMILES string of the molecule is CC(=O)C([Si])(C(C)=O)C(C)=O. The molecule has 0 spiro atoms. The lowest BCUT2D eigenvalue weighted by molar-refractivity contribution is -0.135. The van der Waals surface area contributed by atoms with Crippen molar-refractivity contribution in [3.8, 4) is 0 Å². The summed E-state index contributed by atoms with van der Waals surface area (Å²) >= 11 is 0. The predicted molar refractivity (Wildman–Crippen MR) is 40.5 cm³/mol. The van der Waals surface area contributed by atoms with Crippen molar-refractivity contribution in [2.45, 2.75) is 25.8 Å². The first-order valence-corrected chi connectivity index (χ1v) is 3.61. The van der Waals surface area contributed by atoms with E-state index in [1.807, 2.05) is 0 Å². The third-order valence-electron chi connectivity index (χ3n) is 1.58. The molecule has 3 radical (unpaired) electrons. The summed E-state index contributed by atoms with van der Waals surface area (Å²) in [6.07, 6.45) is 0. The minimum atomic E-state index is -1.61. The van der Waals surface area contributed by atoms with Gasteiger partial charge in [0.25, 0.3) is 0 Å². The minimum Gasteiger partial charge on any atom is -0.299 e. The van der Waals surface area contributed by atoms with Crippen LogP contribution in [0, 0.1) is 0 Å². The lowest BCUT2D eigenvalue weighted by atomic mass is 9.95. The van der Waals surface area contributed by atoms with E-state index in [0.29, 0.717) is 0 Å². The maximum atomic E-state index is 10.9. The van der Waals surface area contributed by atoms with Crippen molar-refractivity contribution < 1.29 is 14.4 Å². The summed E-state index contributed by atoms with van der Waals surface area (Å²) in [7, 11) is 2.88. The van der Waals surface area contributed by atoms with Gasteiger partial charge in [-0.15, -0.1) is 0 Å². The van der Waals surface area contributed by atoms with Crippen LogP contribution in [-0.4, -0.2) is 27.6 Å². The van der Waals surface area contributed by atoms with E-state index in [2.05, 4.69) is 10.2 Å². The van der Waals surface area contributed by atoms with Crippen LogP contribution in [0.3, 0.4) is 0 Å². The molecule has 0 aromatic rings. The zero-order valence-electron chi connectivity index (χ0n) is 6.72. The highest BCUT2D eigenvalue weighted by atomic mass is 28.1. The number of carbonyl (C=O) groups excluding carboxylic acids is 3. The Kier molecular flexibility index (Phi) is 2.87. The van der Waals surface area contributed by atoms with Gasteiger partial charge in [-0.05, 0) is 20.8 Å². The van der Waals surface area contributed by atoms with E-state index in [1.54, 1.807) is 0 Å². The van der Waals surface area contributed by atoms with Gasteiger partial charge in [-0.3, -0.25) is 14.4 Å². The lowest BCUT2D eigenvalue weighted by Crippen LogP contribution is -2.36. The van der Waals surface area contributed by atoms with Crippen LogP contribution in [0.1, 0.15) is 20.8 Å². The smallest absolute Gasteiger partial charge is 0.146 e. The number of carbonyl (C=O) groups is 3. The van der Waals surface area contributed by atoms with Crippen molar-refractivity contribution in [1.82, 2.24) is 0 Å². The second-order valence-electron chi connectivity index (χ2n) is 2.42. The molecule has 0 atom stereocenters. The molecule has 4 heteroatoms. The maximum Gasteiger partial charge on any atom is 0.146 e. The standard InChI is InChI=1S/C7H9O3Si/c1-4(8)7(11,5(2)9)6(3)10/h1-3H3. The van der Waals surface area contributed by atoms with Crippen LogP contribution >= 0.6 is 0 Å². The van der Waals surface area contributed by atoms with Crippen molar-refractivity contribution in [3.63, 3.8) is 0 Å². The van der Waals surface area contributed by atoms with E-state index in [0.717, 1.165) is 0 Å². The fourth-order valence-electron chi connectivity index (χ4n) is 0.744. The molecule has 0 N–H and O–H groups in total. The van der Waals surface area contributed by atoms with Crippen molar-refractivity contribution in [3.05, 3.63) is 0 Å². The number of rotatable bonds is 3. The first-order valence-electron chi connectivity index (χ1n) is 3.11. The van der Waals surface area contributed by atoms with Crippen LogP contribution in [0.25, 0.3) is 0 Å². The molecule has 0 saturated carbocycles. The Morgan fingerprint density at radius 2 is 1.09 bits per heavy atom. The molecule has 0 aromatic heterocycles. The Morgan fingerprint density at radius 3 is 1.09 bits per heavy atom. The molecule has 0 aliphatic rings. The highest BCUT2D eigenvalue weighted by molar-refractivity contribution is 6.52. The van der Waals surface area contributed by atoms with Crippen LogP contribution in [0.5, 0.6) is 0 Å². The average Bonchev–Trinajstić information content (AvgIpc) is 1.84. The minimum absolute atomic E-state index is 0.478. The van der Waals surface area contributed by atoms with Gasteiger partial charge >= 0.3 is 0 Å². The van der Waals surface area contributed by atoms with Crippen LogP contribution < -0.4 is 0 Å². The highest BCUT2D eigenvalue weighted by Gasteiger charge is 2.39. The van der Waals surface area contributed by atoms with Gasteiger partial charge in [0, 0.05) is 0 Å². The fourth-order valence-corrected chi connectivity index (χ4v) is 0.744. The molecule has 0 rings (SSSR count). The molecule has 11 heavy (non-hydrogen) atoms. The van der Waals surface area contributed by atoms with Gasteiger partial charge in [0.2, 0.25) is 0 Å². The van der Waals surface area contributed by atoms with E-state index < -0.39 is 22.4 Å². The normalized spacial score (nSPS) is 10.9. The van der Waals surface area contributed by atoms with Gasteiger partial charge < -0.3 is 0 Å². The van der Waals surface area contributed by atoms with Gasteiger partial charge in [-0.2, -0.15) is 0 Å². The van der Waals surface area contributed by atoms with Gasteiger partial charge in [-0.1, -0.05) is 0 Å². The molecule has 0 aliphatic carbocycles. The monoisotopic (exact) mass is 169 g/mol. The van der Waals surface area contributed by atoms with Crippen molar-refractivity contribution in [2.75, 3.05) is 0 Å². The second-order valence-corrected chi connectivity index (χ2v) is 3.17. The number of ketones is 3. The molecule has 0 bridgehead atoms. The van der Waals surface area contributed by atoms with E-state index in [1.165, 1.54) is 20.8 Å². The number of hydrogen-bond acceptors (Lipinski definition) is 3. The number of Topliss-reactive ketones (excluding diaryl/α,β-unsaturated/α-hetero) is 3. The van der Waals surface area contributed by atoms with E-state index >= 15 is 0 Å². The summed E-state index contributed by atoms with van der Waals surface area (Å²) < 4.78 is 0. The molecular formula is C7H9O3Si. The highest BCUT2D eigenvalue weighted by Crippen LogP contribution is 2.24. The van der Waals surface area contributed by atoms with E-state index in [-0.39, 0.29) is 0 Å². The Labute approximate surface area is 68.6 Å². The zero-order chi connectivity index (χ0) is 9.23. The molecule has 0 unspecified atom stereocenters. The van der Waals surface area contributed by atoms with Gasteiger partial charge in [-0.25, -0.2) is 0 Å². The van der Waals surface area contributed by atoms with Crippen LogP contribution in [-0.2, 0) is 14.4 Å². The average molecular weight is 169 g/mol. The Hall–Kier alpha value is -0.773. The van der Waals surface area contributed by atoms with Crippen molar-refractivity contribution in [2.24, 2.45) is 0 Å². The van der Waals surface area contributed by atoms with E-state index in [9.17, 15) is 14.4 Å². The third kappa shape index (κ3) is 1.62.